The number of aromatic nitrogens is 1. The molecule has 0 spiro atoms. The number of pyridine rings is 1. The van der Waals surface area contributed by atoms with Gasteiger partial charge in [0, 0.05) is 30.0 Å². The van der Waals surface area contributed by atoms with Crippen molar-refractivity contribution in [3.05, 3.63) is 57.4 Å². The molecule has 0 radical (unpaired) electrons. The van der Waals surface area contributed by atoms with Crippen molar-refractivity contribution in [2.75, 3.05) is 0 Å². The minimum Gasteiger partial charge on any atom is -0.455 e. The van der Waals surface area contributed by atoms with E-state index in [4.69, 9.17) is 27.9 Å². The molecule has 0 amide bonds. The van der Waals surface area contributed by atoms with Crippen LogP contribution in [0.25, 0.3) is 0 Å². The van der Waals surface area contributed by atoms with E-state index in [0.29, 0.717) is 22.1 Å². The largest absolute Gasteiger partial charge is 0.455 e. The van der Waals surface area contributed by atoms with Gasteiger partial charge in [0.2, 0.25) is 0 Å². The Kier molecular flexibility index (Phi) is 4.19. The molecule has 0 aliphatic rings. The van der Waals surface area contributed by atoms with Gasteiger partial charge in [-0.1, -0.05) is 11.6 Å². The van der Waals surface area contributed by atoms with Gasteiger partial charge in [-0.2, -0.15) is 0 Å². The van der Waals surface area contributed by atoms with Gasteiger partial charge in [0.25, 0.3) is 5.69 Å². The molecule has 0 saturated carbocycles. The zero-order chi connectivity index (χ0) is 13.8. The van der Waals surface area contributed by atoms with Crippen LogP contribution in [0.1, 0.15) is 5.56 Å². The van der Waals surface area contributed by atoms with Crippen LogP contribution in [0.2, 0.25) is 5.02 Å². The van der Waals surface area contributed by atoms with Gasteiger partial charge in [-0.25, -0.2) is 0 Å². The van der Waals surface area contributed by atoms with Crippen LogP contribution in [-0.2, 0) is 5.88 Å². The lowest BCUT2D eigenvalue weighted by atomic mass is 10.2. The summed E-state index contributed by atoms with van der Waals surface area (Å²) in [4.78, 5) is 14.1. The molecule has 0 unspecified atom stereocenters. The minimum absolute atomic E-state index is 0.0350. The predicted molar refractivity (Wildman–Crippen MR) is 72.0 cm³/mol. The van der Waals surface area contributed by atoms with E-state index in [1.165, 1.54) is 30.6 Å². The number of benzene rings is 1. The zero-order valence-electron chi connectivity index (χ0n) is 9.55. The Morgan fingerprint density at radius 2 is 2.11 bits per heavy atom. The molecule has 19 heavy (non-hydrogen) atoms. The molecular formula is C12H8Cl2N2O3. The van der Waals surface area contributed by atoms with E-state index in [2.05, 4.69) is 4.98 Å². The van der Waals surface area contributed by atoms with Crippen molar-refractivity contribution in [3.63, 3.8) is 0 Å². The molecule has 7 heteroatoms. The first kappa shape index (κ1) is 13.6. The Bertz CT molecular complexity index is 620. The highest BCUT2D eigenvalue weighted by atomic mass is 35.5. The number of alkyl halides is 1. The Morgan fingerprint density at radius 3 is 2.74 bits per heavy atom. The summed E-state index contributed by atoms with van der Waals surface area (Å²) < 4.78 is 5.56. The van der Waals surface area contributed by atoms with Crippen LogP contribution < -0.4 is 4.74 Å². The van der Waals surface area contributed by atoms with E-state index in [1.807, 2.05) is 0 Å². The maximum Gasteiger partial charge on any atom is 0.270 e. The van der Waals surface area contributed by atoms with E-state index in [-0.39, 0.29) is 11.6 Å². The second-order valence-corrected chi connectivity index (χ2v) is 4.33. The lowest BCUT2D eigenvalue weighted by molar-refractivity contribution is -0.384. The summed E-state index contributed by atoms with van der Waals surface area (Å²) in [5, 5.41) is 11.1. The van der Waals surface area contributed by atoms with Crippen LogP contribution in [0.5, 0.6) is 11.5 Å². The molecule has 1 heterocycles. The van der Waals surface area contributed by atoms with Crippen LogP contribution in [0, 0.1) is 10.1 Å². The molecule has 0 fully saturated rings. The molecule has 0 aliphatic carbocycles. The average molecular weight is 299 g/mol. The second-order valence-electron chi connectivity index (χ2n) is 3.62. The fourth-order valence-electron chi connectivity index (χ4n) is 1.46. The van der Waals surface area contributed by atoms with Crippen LogP contribution in [0.3, 0.4) is 0 Å². The van der Waals surface area contributed by atoms with E-state index in [1.54, 1.807) is 6.07 Å². The lowest BCUT2D eigenvalue weighted by Crippen LogP contribution is -1.94. The fraction of sp³-hybridized carbons (Fsp3) is 0.0833. The highest BCUT2D eigenvalue weighted by Crippen LogP contribution is 2.30. The van der Waals surface area contributed by atoms with E-state index in [0.717, 1.165) is 0 Å². The normalized spacial score (nSPS) is 10.2. The number of ether oxygens (including phenoxy) is 1. The van der Waals surface area contributed by atoms with Gasteiger partial charge in [0.15, 0.2) is 0 Å². The first-order valence-corrected chi connectivity index (χ1v) is 6.13. The monoisotopic (exact) mass is 298 g/mol. The number of nitro benzene ring substituents is 1. The zero-order valence-corrected chi connectivity index (χ0v) is 11.1. The van der Waals surface area contributed by atoms with Crippen molar-refractivity contribution in [2.24, 2.45) is 0 Å². The standard InChI is InChI=1S/C12H8Cl2N2O3/c13-5-8-3-10(16(17)18)1-2-12(8)19-11-4-9(14)6-15-7-11/h1-4,6-7H,5H2. The van der Waals surface area contributed by atoms with Gasteiger partial charge in [0.1, 0.15) is 11.5 Å². The molecule has 2 aromatic rings. The Balaban J connectivity index is 2.32. The predicted octanol–water partition coefficient (Wildman–Crippen LogP) is 4.17. The summed E-state index contributed by atoms with van der Waals surface area (Å²) in [6.45, 7) is 0. The minimum atomic E-state index is -0.485. The quantitative estimate of drug-likeness (QED) is 0.482. The summed E-state index contributed by atoms with van der Waals surface area (Å²) >= 11 is 11.6. The number of nitro groups is 1. The summed E-state index contributed by atoms with van der Waals surface area (Å²) in [7, 11) is 0. The van der Waals surface area contributed by atoms with Crippen LogP contribution in [0.4, 0.5) is 5.69 Å². The van der Waals surface area contributed by atoms with Crippen molar-refractivity contribution in [3.8, 4) is 11.5 Å². The Morgan fingerprint density at radius 1 is 1.32 bits per heavy atom. The van der Waals surface area contributed by atoms with E-state index >= 15 is 0 Å². The van der Waals surface area contributed by atoms with Crippen LogP contribution in [0.15, 0.2) is 36.7 Å². The third-order valence-corrected chi connectivity index (χ3v) is 2.80. The molecule has 0 atom stereocenters. The van der Waals surface area contributed by atoms with Crippen molar-refractivity contribution in [1.82, 2.24) is 4.98 Å². The molecule has 1 aromatic heterocycles. The Hall–Kier alpha value is -1.85. The third-order valence-electron chi connectivity index (χ3n) is 2.31. The van der Waals surface area contributed by atoms with Crippen molar-refractivity contribution < 1.29 is 9.66 Å². The molecule has 0 N–H and O–H groups in total. The van der Waals surface area contributed by atoms with Crippen LogP contribution >= 0.6 is 23.2 Å². The SMILES string of the molecule is O=[N+]([O-])c1ccc(Oc2cncc(Cl)c2)c(CCl)c1. The number of rotatable bonds is 4. The molecule has 1 aromatic carbocycles. The average Bonchev–Trinajstić information content (AvgIpc) is 2.39. The van der Waals surface area contributed by atoms with Gasteiger partial charge in [-0.05, 0) is 6.07 Å². The number of non-ortho nitro benzene ring substituents is 1. The van der Waals surface area contributed by atoms with Gasteiger partial charge in [-0.15, -0.1) is 11.6 Å². The van der Waals surface area contributed by atoms with Crippen molar-refractivity contribution in [2.45, 2.75) is 5.88 Å². The Labute approximate surface area is 118 Å². The van der Waals surface area contributed by atoms with Gasteiger partial charge < -0.3 is 4.74 Å². The van der Waals surface area contributed by atoms with Gasteiger partial charge in [-0.3, -0.25) is 15.1 Å². The molecule has 0 bridgehead atoms. The number of halogens is 2. The molecule has 5 nitrogen and oxygen atoms in total. The molecule has 0 aliphatic heterocycles. The molecular weight excluding hydrogens is 291 g/mol. The third kappa shape index (κ3) is 3.33. The number of nitrogens with zero attached hydrogens (tertiary/aromatic N) is 2. The number of hydrogen-bond acceptors (Lipinski definition) is 4. The highest BCUT2D eigenvalue weighted by Gasteiger charge is 2.12. The summed E-state index contributed by atoms with van der Waals surface area (Å²) in [5.74, 6) is 0.975. The maximum absolute atomic E-state index is 10.7. The number of hydrogen-bond donors (Lipinski definition) is 0. The first-order chi connectivity index (χ1) is 9.10. The van der Waals surface area contributed by atoms with Gasteiger partial charge in [0.05, 0.1) is 22.0 Å². The highest BCUT2D eigenvalue weighted by molar-refractivity contribution is 6.30. The van der Waals surface area contributed by atoms with Crippen LogP contribution in [-0.4, -0.2) is 9.91 Å². The molecule has 2 rings (SSSR count). The second kappa shape index (κ2) is 5.86. The topological polar surface area (TPSA) is 65.3 Å². The summed E-state index contributed by atoms with van der Waals surface area (Å²) in [6, 6.07) is 5.81. The smallest absolute Gasteiger partial charge is 0.270 e. The summed E-state index contributed by atoms with van der Waals surface area (Å²) in [6.07, 6.45) is 2.97. The van der Waals surface area contributed by atoms with Crippen molar-refractivity contribution >= 4 is 28.9 Å². The molecule has 98 valence electrons. The van der Waals surface area contributed by atoms with Gasteiger partial charge >= 0.3 is 0 Å². The van der Waals surface area contributed by atoms with E-state index in [9.17, 15) is 10.1 Å². The maximum atomic E-state index is 10.7. The summed E-state index contributed by atoms with van der Waals surface area (Å²) in [5.41, 5.74) is 0.489. The lowest BCUT2D eigenvalue weighted by Gasteiger charge is -2.09. The fourth-order valence-corrected chi connectivity index (χ4v) is 1.83. The van der Waals surface area contributed by atoms with E-state index < -0.39 is 4.92 Å². The van der Waals surface area contributed by atoms with Crippen molar-refractivity contribution in [1.29, 1.82) is 0 Å². The first-order valence-electron chi connectivity index (χ1n) is 5.22. The molecule has 0 saturated heterocycles.